The van der Waals surface area contributed by atoms with Crippen LogP contribution in [0.3, 0.4) is 0 Å². The summed E-state index contributed by atoms with van der Waals surface area (Å²) in [4.78, 5) is 10.1. The molecule has 0 aliphatic heterocycles. The van der Waals surface area contributed by atoms with Gasteiger partial charge in [0.1, 0.15) is 5.75 Å². The van der Waals surface area contributed by atoms with Crippen molar-refractivity contribution >= 4 is 15.8 Å². The van der Waals surface area contributed by atoms with Crippen molar-refractivity contribution in [2.24, 2.45) is 0 Å². The Morgan fingerprint density at radius 2 is 1.52 bits per heavy atom. The molecular weight excluding hydrogens is 395 g/mol. The summed E-state index contributed by atoms with van der Waals surface area (Å²) in [7, 11) is -3.60. The Labute approximate surface area is 151 Å². The molecule has 0 aromatic heterocycles. The zero-order valence-electron chi connectivity index (χ0n) is 13.8. The summed E-state index contributed by atoms with van der Waals surface area (Å²) in [6.45, 7) is 0. The van der Waals surface area contributed by atoms with Gasteiger partial charge < -0.3 is 13.7 Å². The number of hydrogen-bond acceptors (Lipinski definition) is 7. The van der Waals surface area contributed by atoms with Crippen LogP contribution in [0.25, 0.3) is 11.1 Å². The maximum absolute atomic E-state index is 12.5. The van der Waals surface area contributed by atoms with Gasteiger partial charge in [0.25, 0.3) is 5.69 Å². The Morgan fingerprint density at radius 3 is 1.96 bits per heavy atom. The molecule has 8 nitrogen and oxygen atoms in total. The molecule has 12 heteroatoms. The van der Waals surface area contributed by atoms with Crippen LogP contribution in [0.2, 0.25) is 0 Å². The minimum atomic E-state index is -5.91. The molecule has 0 N–H and O–H groups in total. The number of nitrogens with zero attached hydrogens (tertiary/aromatic N) is 1. The fourth-order valence-electron chi connectivity index (χ4n) is 2.09. The lowest BCUT2D eigenvalue weighted by Crippen LogP contribution is -2.28. The SMILES string of the molecule is COc1cc(-c2ccc([N+](=O)[O-])cc2)c(OC)cc1OS(=O)(=O)C(F)(F)F. The van der Waals surface area contributed by atoms with E-state index < -0.39 is 26.3 Å². The Bertz CT molecular complexity index is 957. The summed E-state index contributed by atoms with van der Waals surface area (Å²) < 4.78 is 74.2. The lowest BCUT2D eigenvalue weighted by molar-refractivity contribution is -0.384. The average molecular weight is 407 g/mol. The molecule has 146 valence electrons. The van der Waals surface area contributed by atoms with Crippen molar-refractivity contribution < 1.29 is 40.2 Å². The Hall–Kier alpha value is -3.02. The van der Waals surface area contributed by atoms with Crippen LogP contribution in [0.5, 0.6) is 17.2 Å². The summed E-state index contributed by atoms with van der Waals surface area (Å²) in [5.41, 5.74) is -5.08. The molecule has 0 bridgehead atoms. The van der Waals surface area contributed by atoms with Gasteiger partial charge in [-0.2, -0.15) is 21.6 Å². The number of rotatable bonds is 6. The van der Waals surface area contributed by atoms with Crippen molar-refractivity contribution in [3.63, 3.8) is 0 Å². The third-order valence-corrected chi connectivity index (χ3v) is 4.32. The van der Waals surface area contributed by atoms with Gasteiger partial charge >= 0.3 is 15.6 Å². The smallest absolute Gasteiger partial charge is 0.496 e. The van der Waals surface area contributed by atoms with Gasteiger partial charge in [-0.1, -0.05) is 0 Å². The van der Waals surface area contributed by atoms with Crippen molar-refractivity contribution in [2.75, 3.05) is 14.2 Å². The molecule has 0 spiro atoms. The van der Waals surface area contributed by atoms with Crippen molar-refractivity contribution in [3.05, 3.63) is 46.5 Å². The monoisotopic (exact) mass is 407 g/mol. The molecule has 0 unspecified atom stereocenters. The van der Waals surface area contributed by atoms with Crippen LogP contribution in [0, 0.1) is 10.1 Å². The second kappa shape index (κ2) is 7.31. The Morgan fingerprint density at radius 1 is 0.963 bits per heavy atom. The number of ether oxygens (including phenoxy) is 2. The number of nitro benzene ring substituents is 1. The first-order valence-electron chi connectivity index (χ1n) is 7.01. The van der Waals surface area contributed by atoms with Gasteiger partial charge in [0.05, 0.1) is 19.1 Å². The van der Waals surface area contributed by atoms with E-state index in [9.17, 15) is 31.7 Å². The second-order valence-electron chi connectivity index (χ2n) is 4.99. The van der Waals surface area contributed by atoms with E-state index in [4.69, 9.17) is 9.47 Å². The quantitative estimate of drug-likeness (QED) is 0.312. The minimum Gasteiger partial charge on any atom is -0.496 e. The molecule has 2 rings (SSSR count). The summed E-state index contributed by atoms with van der Waals surface area (Å²) in [5.74, 6) is -1.06. The third-order valence-electron chi connectivity index (χ3n) is 3.36. The molecule has 0 amide bonds. The third kappa shape index (κ3) is 4.22. The van der Waals surface area contributed by atoms with Crippen LogP contribution in [-0.4, -0.2) is 33.1 Å². The van der Waals surface area contributed by atoms with E-state index in [1.807, 2.05) is 0 Å². The molecule has 27 heavy (non-hydrogen) atoms. The van der Waals surface area contributed by atoms with E-state index in [2.05, 4.69) is 4.18 Å². The zero-order chi connectivity index (χ0) is 20.4. The first kappa shape index (κ1) is 20.3. The Balaban J connectivity index is 2.55. The number of hydrogen-bond donors (Lipinski definition) is 0. The maximum atomic E-state index is 12.5. The molecule has 2 aromatic carbocycles. The standard InChI is InChI=1S/C15H12F3NO7S/c1-24-12-8-14(26-27(22,23)15(16,17)18)13(25-2)7-11(12)9-3-5-10(6-4-9)19(20)21/h3-8H,1-2H3. The highest BCUT2D eigenvalue weighted by Gasteiger charge is 2.49. The van der Waals surface area contributed by atoms with Gasteiger partial charge in [-0.3, -0.25) is 10.1 Å². The molecule has 0 atom stereocenters. The predicted molar refractivity (Wildman–Crippen MR) is 87.2 cm³/mol. The largest absolute Gasteiger partial charge is 0.534 e. The van der Waals surface area contributed by atoms with Crippen molar-refractivity contribution in [2.45, 2.75) is 5.51 Å². The molecule has 0 saturated carbocycles. The second-order valence-corrected chi connectivity index (χ2v) is 6.53. The van der Waals surface area contributed by atoms with Crippen molar-refractivity contribution in [1.82, 2.24) is 0 Å². The number of methoxy groups -OCH3 is 2. The maximum Gasteiger partial charge on any atom is 0.534 e. The highest BCUT2D eigenvalue weighted by Crippen LogP contribution is 2.42. The first-order chi connectivity index (χ1) is 12.5. The van der Waals surface area contributed by atoms with Gasteiger partial charge in [0.2, 0.25) is 0 Å². The van der Waals surface area contributed by atoms with Crippen LogP contribution >= 0.6 is 0 Å². The zero-order valence-corrected chi connectivity index (χ0v) is 14.6. The highest BCUT2D eigenvalue weighted by atomic mass is 32.2. The Kier molecular flexibility index (Phi) is 5.49. The highest BCUT2D eigenvalue weighted by molar-refractivity contribution is 7.88. The van der Waals surface area contributed by atoms with E-state index in [1.165, 1.54) is 37.4 Å². The van der Waals surface area contributed by atoms with E-state index >= 15 is 0 Å². The molecule has 0 aliphatic rings. The van der Waals surface area contributed by atoms with Gasteiger partial charge in [-0.15, -0.1) is 0 Å². The number of benzene rings is 2. The van der Waals surface area contributed by atoms with Gasteiger partial charge in [-0.05, 0) is 23.8 Å². The van der Waals surface area contributed by atoms with Crippen LogP contribution in [-0.2, 0) is 10.1 Å². The molecule has 0 heterocycles. The number of nitro groups is 1. The topological polar surface area (TPSA) is 105 Å². The summed E-state index contributed by atoms with van der Waals surface area (Å²) in [6, 6.07) is 7.34. The van der Waals surface area contributed by atoms with E-state index in [0.717, 1.165) is 13.2 Å². The molecule has 0 saturated heterocycles. The molecule has 0 radical (unpaired) electrons. The van der Waals surface area contributed by atoms with Crippen LogP contribution in [0.1, 0.15) is 0 Å². The minimum absolute atomic E-state index is 0.0305. The lowest BCUT2D eigenvalue weighted by atomic mass is 10.0. The van der Waals surface area contributed by atoms with E-state index in [-0.39, 0.29) is 17.2 Å². The molecule has 2 aromatic rings. The van der Waals surface area contributed by atoms with Crippen LogP contribution in [0.15, 0.2) is 36.4 Å². The molecule has 0 aliphatic carbocycles. The van der Waals surface area contributed by atoms with Crippen LogP contribution < -0.4 is 13.7 Å². The van der Waals surface area contributed by atoms with Crippen molar-refractivity contribution in [3.8, 4) is 28.4 Å². The van der Waals surface area contributed by atoms with E-state index in [0.29, 0.717) is 11.1 Å². The fourth-order valence-corrected chi connectivity index (χ4v) is 2.55. The summed E-state index contributed by atoms with van der Waals surface area (Å²) in [6.07, 6.45) is 0. The molecule has 0 fully saturated rings. The van der Waals surface area contributed by atoms with Gasteiger partial charge in [-0.25, -0.2) is 0 Å². The fraction of sp³-hybridized carbons (Fsp3) is 0.200. The van der Waals surface area contributed by atoms with Gasteiger partial charge in [0, 0.05) is 23.8 Å². The first-order valence-corrected chi connectivity index (χ1v) is 8.42. The number of alkyl halides is 3. The average Bonchev–Trinajstić information content (AvgIpc) is 2.60. The lowest BCUT2D eigenvalue weighted by Gasteiger charge is -2.16. The van der Waals surface area contributed by atoms with Crippen molar-refractivity contribution in [1.29, 1.82) is 0 Å². The summed E-state index contributed by atoms with van der Waals surface area (Å²) in [5, 5.41) is 10.7. The number of halogens is 3. The van der Waals surface area contributed by atoms with Gasteiger partial charge in [0.15, 0.2) is 11.5 Å². The number of non-ortho nitro benzene ring substituents is 1. The predicted octanol–water partition coefficient (Wildman–Crippen LogP) is 3.51. The normalized spacial score (nSPS) is 11.7. The van der Waals surface area contributed by atoms with Crippen LogP contribution in [0.4, 0.5) is 18.9 Å². The molecular formula is C15H12F3NO7S. The summed E-state index contributed by atoms with van der Waals surface area (Å²) >= 11 is 0. The van der Waals surface area contributed by atoms with E-state index in [1.54, 1.807) is 0 Å².